The van der Waals surface area contributed by atoms with Crippen LogP contribution in [0.25, 0.3) is 0 Å². The molecule has 3 nitrogen and oxygen atoms in total. The maximum absolute atomic E-state index is 12.2. The summed E-state index contributed by atoms with van der Waals surface area (Å²) in [4.78, 5) is 12.2. The predicted molar refractivity (Wildman–Crippen MR) is 133 cm³/mol. The Kier molecular flexibility index (Phi) is 4.99. The smallest absolute Gasteiger partial charge is 0.309 e. The first kappa shape index (κ1) is 23.9. The highest BCUT2D eigenvalue weighted by molar-refractivity contribution is 5.74. The van der Waals surface area contributed by atoms with Gasteiger partial charge in [-0.15, -0.1) is 0 Å². The number of carboxylic acids is 1. The molecular formula is C30H48O3. The van der Waals surface area contributed by atoms with Crippen molar-refractivity contribution in [2.75, 3.05) is 0 Å². The summed E-state index contributed by atoms with van der Waals surface area (Å²) in [5.74, 6) is 1.01. The van der Waals surface area contributed by atoms with Gasteiger partial charge in [-0.2, -0.15) is 0 Å². The Morgan fingerprint density at radius 3 is 2.21 bits per heavy atom. The number of carbonyl (C=O) groups is 1. The number of hydrogen-bond acceptors (Lipinski definition) is 2. The van der Waals surface area contributed by atoms with Crippen LogP contribution in [0.3, 0.4) is 0 Å². The quantitative estimate of drug-likeness (QED) is 0.409. The van der Waals surface area contributed by atoms with Crippen LogP contribution >= 0.6 is 0 Å². The minimum Gasteiger partial charge on any atom is -0.481 e. The molecule has 0 amide bonds. The van der Waals surface area contributed by atoms with E-state index in [2.05, 4.69) is 47.6 Å². The molecular weight excluding hydrogens is 408 g/mol. The number of carboxylic acid groups (broad SMARTS) is 1. The zero-order valence-corrected chi connectivity index (χ0v) is 22.3. The van der Waals surface area contributed by atoms with Gasteiger partial charge in [0.05, 0.1) is 11.5 Å². The molecule has 7 unspecified atom stereocenters. The highest BCUT2D eigenvalue weighted by atomic mass is 16.4. The van der Waals surface area contributed by atoms with Crippen LogP contribution in [0.5, 0.6) is 0 Å². The van der Waals surface area contributed by atoms with E-state index in [4.69, 9.17) is 0 Å². The molecule has 4 fully saturated rings. The van der Waals surface area contributed by atoms with Crippen LogP contribution in [0.1, 0.15) is 113 Å². The molecule has 186 valence electrons. The molecule has 0 radical (unpaired) electrons. The number of hydrogen-bond donors (Lipinski definition) is 2. The minimum atomic E-state index is -0.603. The molecule has 0 aromatic heterocycles. The lowest BCUT2D eigenvalue weighted by molar-refractivity contribution is -0.203. The van der Waals surface area contributed by atoms with E-state index in [-0.39, 0.29) is 33.2 Å². The van der Waals surface area contributed by atoms with Gasteiger partial charge in [0.2, 0.25) is 0 Å². The fraction of sp³-hybridized carbons (Fsp3) is 0.900. The monoisotopic (exact) mass is 456 g/mol. The summed E-state index contributed by atoms with van der Waals surface area (Å²) in [5, 5.41) is 20.9. The van der Waals surface area contributed by atoms with Gasteiger partial charge in [-0.3, -0.25) is 4.79 Å². The van der Waals surface area contributed by atoms with Crippen molar-refractivity contribution in [1.29, 1.82) is 0 Å². The summed E-state index contributed by atoms with van der Waals surface area (Å²) in [6.07, 6.45) is 13.2. The second-order valence-electron chi connectivity index (χ2n) is 14.9. The van der Waals surface area contributed by atoms with Crippen LogP contribution in [0.15, 0.2) is 11.6 Å². The molecule has 2 N–H and O–H groups in total. The van der Waals surface area contributed by atoms with Gasteiger partial charge in [0.1, 0.15) is 0 Å². The Bertz CT molecular complexity index is 889. The molecule has 0 aromatic carbocycles. The van der Waals surface area contributed by atoms with Gasteiger partial charge >= 0.3 is 5.97 Å². The highest BCUT2D eigenvalue weighted by Gasteiger charge is 2.68. The average molecular weight is 457 g/mol. The summed E-state index contributed by atoms with van der Waals surface area (Å²) < 4.78 is 0. The van der Waals surface area contributed by atoms with Crippen LogP contribution < -0.4 is 0 Å². The van der Waals surface area contributed by atoms with E-state index in [1.165, 1.54) is 25.7 Å². The zero-order valence-electron chi connectivity index (χ0n) is 22.3. The largest absolute Gasteiger partial charge is 0.481 e. The molecule has 0 saturated heterocycles. The lowest BCUT2D eigenvalue weighted by Crippen LogP contribution is -2.64. The molecule has 4 saturated carbocycles. The first-order chi connectivity index (χ1) is 15.1. The second kappa shape index (κ2) is 6.89. The van der Waals surface area contributed by atoms with Gasteiger partial charge in [0, 0.05) is 0 Å². The third-order valence-corrected chi connectivity index (χ3v) is 13.3. The molecule has 9 atom stereocenters. The average Bonchev–Trinajstić information content (AvgIpc) is 2.73. The third-order valence-electron chi connectivity index (χ3n) is 13.3. The van der Waals surface area contributed by atoms with Crippen LogP contribution in [0, 0.1) is 50.2 Å². The van der Waals surface area contributed by atoms with Crippen molar-refractivity contribution in [3.63, 3.8) is 0 Å². The second-order valence-corrected chi connectivity index (χ2v) is 14.9. The molecule has 3 heteroatoms. The maximum Gasteiger partial charge on any atom is 0.309 e. The van der Waals surface area contributed by atoms with Crippen LogP contribution in [0.2, 0.25) is 0 Å². The number of fused-ring (bicyclic) bond motifs is 7. The van der Waals surface area contributed by atoms with Crippen molar-refractivity contribution in [3.8, 4) is 0 Å². The molecule has 5 aliphatic rings. The summed E-state index contributed by atoms with van der Waals surface area (Å²) in [5.41, 5.74) is 1.94. The van der Waals surface area contributed by atoms with E-state index in [1.807, 2.05) is 6.92 Å². The van der Waals surface area contributed by atoms with E-state index in [0.29, 0.717) is 17.8 Å². The number of rotatable bonds is 1. The van der Waals surface area contributed by atoms with Crippen LogP contribution in [0.4, 0.5) is 0 Å². The minimum absolute atomic E-state index is 0.0168. The summed E-state index contributed by atoms with van der Waals surface area (Å²) in [6.45, 7) is 16.8. The Balaban J connectivity index is 1.57. The van der Waals surface area contributed by atoms with Gasteiger partial charge in [-0.25, -0.2) is 0 Å². The van der Waals surface area contributed by atoms with Gasteiger partial charge < -0.3 is 10.2 Å². The van der Waals surface area contributed by atoms with E-state index in [9.17, 15) is 15.0 Å². The molecule has 5 aliphatic carbocycles. The maximum atomic E-state index is 12.2. The summed E-state index contributed by atoms with van der Waals surface area (Å²) >= 11 is 0. The lowest BCUT2D eigenvalue weighted by atomic mass is 9.33. The summed E-state index contributed by atoms with van der Waals surface area (Å²) in [7, 11) is 0. The Labute approximate surface area is 201 Å². The van der Waals surface area contributed by atoms with E-state index >= 15 is 0 Å². The van der Waals surface area contributed by atoms with Crippen molar-refractivity contribution >= 4 is 5.97 Å². The normalized spacial score (nSPS) is 55.3. The van der Waals surface area contributed by atoms with Crippen LogP contribution in [-0.4, -0.2) is 22.3 Å². The molecule has 0 heterocycles. The molecule has 0 aromatic rings. The first-order valence-electron chi connectivity index (χ1n) is 13.8. The fourth-order valence-electron chi connectivity index (χ4n) is 10.5. The van der Waals surface area contributed by atoms with Crippen molar-refractivity contribution in [1.82, 2.24) is 0 Å². The lowest BCUT2D eigenvalue weighted by Gasteiger charge is -2.71. The van der Waals surface area contributed by atoms with Crippen molar-refractivity contribution in [2.24, 2.45) is 50.2 Å². The molecule has 33 heavy (non-hydrogen) atoms. The molecule has 0 spiro atoms. The number of allylic oxidation sites excluding steroid dienone is 2. The number of aliphatic hydroxyl groups excluding tert-OH is 1. The van der Waals surface area contributed by atoms with Crippen molar-refractivity contribution in [2.45, 2.75) is 119 Å². The Morgan fingerprint density at radius 1 is 0.879 bits per heavy atom. The van der Waals surface area contributed by atoms with Gasteiger partial charge in [0.25, 0.3) is 0 Å². The highest BCUT2D eigenvalue weighted by Crippen LogP contribution is 2.75. The van der Waals surface area contributed by atoms with Crippen LogP contribution in [-0.2, 0) is 4.79 Å². The molecule has 0 bridgehead atoms. The third kappa shape index (κ3) is 2.87. The predicted octanol–water partition coefficient (Wildman–Crippen LogP) is 7.23. The topological polar surface area (TPSA) is 57.5 Å². The van der Waals surface area contributed by atoms with E-state index in [1.54, 1.807) is 5.57 Å². The van der Waals surface area contributed by atoms with Crippen molar-refractivity contribution in [3.05, 3.63) is 11.6 Å². The first-order valence-corrected chi connectivity index (χ1v) is 13.8. The Hall–Kier alpha value is -0.830. The zero-order chi connectivity index (χ0) is 24.2. The van der Waals surface area contributed by atoms with Gasteiger partial charge in [-0.1, -0.05) is 53.2 Å². The van der Waals surface area contributed by atoms with E-state index in [0.717, 1.165) is 38.5 Å². The molecule has 5 rings (SSSR count). The molecule has 0 aliphatic heterocycles. The van der Waals surface area contributed by atoms with Gasteiger partial charge in [-0.05, 0) is 116 Å². The fourth-order valence-corrected chi connectivity index (χ4v) is 10.5. The Morgan fingerprint density at radius 2 is 1.55 bits per heavy atom. The number of aliphatic hydroxyl groups is 1. The van der Waals surface area contributed by atoms with Gasteiger partial charge in [0.15, 0.2) is 0 Å². The SMILES string of the molecule is CC12CC[C@](C)(C(=O)O)CC1C1=CCC3C4(C)CCC(O)C(C)(C)C4CCC3(C)[C@]1(C)CC2. The standard InChI is InChI=1S/C30H48O3/c1-25(2)21-10-13-30(7)22(28(21,5)12-11-23(25)31)9-8-19-20-18-27(4,24(32)33)15-14-26(20,3)16-17-29(19,30)6/h8,20-23,31H,9-18H2,1-7H3,(H,32,33)/t20?,21?,22?,23?,26?,27-,28?,29+,30?/m0/s1. The van der Waals surface area contributed by atoms with Crippen molar-refractivity contribution < 1.29 is 15.0 Å². The van der Waals surface area contributed by atoms with E-state index < -0.39 is 11.4 Å². The summed E-state index contributed by atoms with van der Waals surface area (Å²) in [6, 6.07) is 0. The number of aliphatic carboxylic acids is 1.